The lowest BCUT2D eigenvalue weighted by Crippen LogP contribution is -2.28. The van der Waals surface area contributed by atoms with E-state index >= 15 is 0 Å². The smallest absolute Gasteiger partial charge is 0.314 e. The average Bonchev–Trinajstić information content (AvgIpc) is 2.87. The third-order valence-corrected chi connectivity index (χ3v) is 5.20. The molecule has 108 valence electrons. The Bertz CT molecular complexity index is 912. The summed E-state index contributed by atoms with van der Waals surface area (Å²) in [5.41, 5.74) is 0.794. The van der Waals surface area contributed by atoms with Crippen LogP contribution in [0.4, 0.5) is 5.69 Å². The summed E-state index contributed by atoms with van der Waals surface area (Å²) in [7, 11) is 0. The van der Waals surface area contributed by atoms with Gasteiger partial charge < -0.3 is 15.3 Å². The van der Waals surface area contributed by atoms with Gasteiger partial charge in [0.05, 0.1) is 17.1 Å². The number of rotatable bonds is 3. The Morgan fingerprint density at radius 3 is 2.52 bits per heavy atom. The van der Waals surface area contributed by atoms with Crippen LogP contribution in [-0.2, 0) is 0 Å². The van der Waals surface area contributed by atoms with Crippen LogP contribution < -0.4 is 16.4 Å². The van der Waals surface area contributed by atoms with Crippen LogP contribution in [0.25, 0.3) is 11.0 Å². The molecule has 0 bridgehead atoms. The first-order valence-corrected chi connectivity index (χ1v) is 7.97. The van der Waals surface area contributed by atoms with Crippen molar-refractivity contribution in [2.24, 2.45) is 0 Å². The standard InChI is InChI=1S/C14H12BrN3O2S/c1-7(12-9(15)4-5-21-12)16-8-2-3-10-11(6-8)18-14(20)13(19)17-10/h2-7,16H,1H3,(H,17,19)(H,18,20). The van der Waals surface area contributed by atoms with Crippen molar-refractivity contribution in [1.82, 2.24) is 9.97 Å². The van der Waals surface area contributed by atoms with E-state index in [0.29, 0.717) is 11.0 Å². The summed E-state index contributed by atoms with van der Waals surface area (Å²) in [6.07, 6.45) is 0. The minimum Gasteiger partial charge on any atom is -0.378 e. The topological polar surface area (TPSA) is 77.8 Å². The van der Waals surface area contributed by atoms with Gasteiger partial charge in [-0.1, -0.05) is 0 Å². The molecule has 1 atom stereocenters. The van der Waals surface area contributed by atoms with Gasteiger partial charge >= 0.3 is 11.1 Å². The van der Waals surface area contributed by atoms with Crippen LogP contribution in [0.15, 0.2) is 43.7 Å². The molecule has 0 amide bonds. The lowest BCUT2D eigenvalue weighted by Gasteiger charge is -2.15. The van der Waals surface area contributed by atoms with Crippen molar-refractivity contribution in [3.05, 3.63) is 59.7 Å². The fraction of sp³-hybridized carbons (Fsp3) is 0.143. The first-order valence-electron chi connectivity index (χ1n) is 6.30. The van der Waals surface area contributed by atoms with Crippen molar-refractivity contribution in [3.8, 4) is 0 Å². The van der Waals surface area contributed by atoms with Gasteiger partial charge in [-0.15, -0.1) is 11.3 Å². The minimum atomic E-state index is -0.645. The highest BCUT2D eigenvalue weighted by Gasteiger charge is 2.11. The number of benzene rings is 1. The number of thiophene rings is 1. The highest BCUT2D eigenvalue weighted by atomic mass is 79.9. The number of H-pyrrole nitrogens is 2. The monoisotopic (exact) mass is 365 g/mol. The maximum atomic E-state index is 11.4. The fourth-order valence-electron chi connectivity index (χ4n) is 2.13. The quantitative estimate of drug-likeness (QED) is 0.623. The van der Waals surface area contributed by atoms with Crippen molar-refractivity contribution in [3.63, 3.8) is 0 Å². The minimum absolute atomic E-state index is 0.131. The molecule has 3 aromatic rings. The number of anilines is 1. The molecule has 0 radical (unpaired) electrons. The summed E-state index contributed by atoms with van der Waals surface area (Å²) >= 11 is 5.19. The van der Waals surface area contributed by atoms with Gasteiger partial charge in [-0.3, -0.25) is 9.59 Å². The van der Waals surface area contributed by atoms with Gasteiger partial charge in [0, 0.05) is 15.0 Å². The predicted octanol–water partition coefficient (Wildman–Crippen LogP) is 3.21. The number of halogens is 1. The van der Waals surface area contributed by atoms with Crippen LogP contribution >= 0.6 is 27.3 Å². The second kappa shape index (κ2) is 5.50. The molecule has 0 saturated heterocycles. The summed E-state index contributed by atoms with van der Waals surface area (Å²) in [4.78, 5) is 29.0. The summed E-state index contributed by atoms with van der Waals surface area (Å²) < 4.78 is 1.08. The van der Waals surface area contributed by atoms with Crippen molar-refractivity contribution < 1.29 is 0 Å². The number of nitrogens with one attached hydrogen (secondary N) is 3. The van der Waals surface area contributed by atoms with E-state index in [-0.39, 0.29) is 6.04 Å². The van der Waals surface area contributed by atoms with E-state index in [9.17, 15) is 9.59 Å². The van der Waals surface area contributed by atoms with E-state index in [2.05, 4.69) is 38.1 Å². The van der Waals surface area contributed by atoms with E-state index < -0.39 is 11.1 Å². The Kier molecular flexibility index (Phi) is 3.69. The SMILES string of the molecule is CC(Nc1ccc2[nH]c(=O)c(=O)[nH]c2c1)c1sccc1Br. The second-order valence-electron chi connectivity index (χ2n) is 4.67. The summed E-state index contributed by atoms with van der Waals surface area (Å²) in [6, 6.07) is 7.59. The third-order valence-electron chi connectivity index (χ3n) is 3.14. The fourth-order valence-corrected chi connectivity index (χ4v) is 3.86. The van der Waals surface area contributed by atoms with Gasteiger partial charge in [-0.2, -0.15) is 0 Å². The maximum absolute atomic E-state index is 11.4. The zero-order valence-corrected chi connectivity index (χ0v) is 13.5. The van der Waals surface area contributed by atoms with Crippen molar-refractivity contribution >= 4 is 44.0 Å². The van der Waals surface area contributed by atoms with Gasteiger partial charge in [0.25, 0.3) is 0 Å². The summed E-state index contributed by atoms with van der Waals surface area (Å²) in [5, 5.41) is 5.41. The van der Waals surface area contributed by atoms with Crippen molar-refractivity contribution in [2.45, 2.75) is 13.0 Å². The molecular formula is C14H12BrN3O2S. The van der Waals surface area contributed by atoms with E-state index in [4.69, 9.17) is 0 Å². The van der Waals surface area contributed by atoms with Crippen molar-refractivity contribution in [2.75, 3.05) is 5.32 Å². The molecule has 5 nitrogen and oxygen atoms in total. The van der Waals surface area contributed by atoms with Gasteiger partial charge in [0.15, 0.2) is 0 Å². The van der Waals surface area contributed by atoms with E-state index in [1.165, 1.54) is 4.88 Å². The molecule has 2 heterocycles. The van der Waals surface area contributed by atoms with E-state index in [1.54, 1.807) is 17.4 Å². The summed E-state index contributed by atoms with van der Waals surface area (Å²) in [6.45, 7) is 2.07. The lowest BCUT2D eigenvalue weighted by atomic mass is 10.2. The van der Waals surface area contributed by atoms with Crippen LogP contribution in [0.5, 0.6) is 0 Å². The Balaban J connectivity index is 1.94. The first-order chi connectivity index (χ1) is 10.0. The molecule has 0 aliphatic heterocycles. The maximum Gasteiger partial charge on any atom is 0.314 e. The number of aromatic nitrogens is 2. The van der Waals surface area contributed by atoms with Crippen LogP contribution in [0.1, 0.15) is 17.8 Å². The first kappa shape index (κ1) is 14.1. The molecule has 3 rings (SSSR count). The molecule has 1 aromatic carbocycles. The molecule has 0 aliphatic carbocycles. The largest absolute Gasteiger partial charge is 0.378 e. The molecule has 0 spiro atoms. The second-order valence-corrected chi connectivity index (χ2v) is 6.47. The number of hydrogen-bond acceptors (Lipinski definition) is 4. The molecular weight excluding hydrogens is 354 g/mol. The van der Waals surface area contributed by atoms with Crippen LogP contribution in [-0.4, -0.2) is 9.97 Å². The highest BCUT2D eigenvalue weighted by molar-refractivity contribution is 9.10. The molecule has 0 fully saturated rings. The summed E-state index contributed by atoms with van der Waals surface area (Å²) in [5.74, 6) is 0. The molecule has 21 heavy (non-hydrogen) atoms. The molecule has 0 aliphatic rings. The normalized spacial score (nSPS) is 12.5. The lowest BCUT2D eigenvalue weighted by molar-refractivity contribution is 0.903. The van der Waals surface area contributed by atoms with Gasteiger partial charge in [-0.05, 0) is 52.5 Å². The third kappa shape index (κ3) is 2.79. The molecule has 1 unspecified atom stereocenters. The molecule has 7 heteroatoms. The van der Waals surface area contributed by atoms with Gasteiger partial charge in [0.2, 0.25) is 0 Å². The van der Waals surface area contributed by atoms with Gasteiger partial charge in [0.1, 0.15) is 0 Å². The Morgan fingerprint density at radius 2 is 1.86 bits per heavy atom. The van der Waals surface area contributed by atoms with E-state index in [1.807, 2.05) is 23.6 Å². The van der Waals surface area contributed by atoms with Crippen LogP contribution in [0.2, 0.25) is 0 Å². The van der Waals surface area contributed by atoms with Crippen LogP contribution in [0.3, 0.4) is 0 Å². The van der Waals surface area contributed by atoms with Crippen molar-refractivity contribution in [1.29, 1.82) is 0 Å². The number of aromatic amines is 2. The predicted molar refractivity (Wildman–Crippen MR) is 89.2 cm³/mol. The Labute approximate surface area is 132 Å². The molecule has 2 aromatic heterocycles. The number of hydrogen-bond donors (Lipinski definition) is 3. The van der Waals surface area contributed by atoms with E-state index in [0.717, 1.165) is 10.2 Å². The average molecular weight is 366 g/mol. The zero-order valence-electron chi connectivity index (χ0n) is 11.1. The Hall–Kier alpha value is -1.86. The van der Waals surface area contributed by atoms with Crippen LogP contribution in [0, 0.1) is 0 Å². The Morgan fingerprint density at radius 1 is 1.14 bits per heavy atom. The molecule has 3 N–H and O–H groups in total. The number of fused-ring (bicyclic) bond motifs is 1. The highest BCUT2D eigenvalue weighted by Crippen LogP contribution is 2.31. The molecule has 0 saturated carbocycles. The van der Waals surface area contributed by atoms with Gasteiger partial charge in [-0.25, -0.2) is 0 Å². The zero-order chi connectivity index (χ0) is 15.0.